The van der Waals surface area contributed by atoms with E-state index in [0.717, 1.165) is 29.5 Å². The monoisotopic (exact) mass is 500 g/mol. The molecule has 1 amide bonds. The summed E-state index contributed by atoms with van der Waals surface area (Å²) in [6.07, 6.45) is 1.73. The highest BCUT2D eigenvalue weighted by Crippen LogP contribution is 2.26. The number of piperidine rings is 1. The van der Waals surface area contributed by atoms with Gasteiger partial charge in [0.2, 0.25) is 0 Å². The Labute approximate surface area is 218 Å². The molecule has 35 heavy (non-hydrogen) atoms. The molecule has 0 spiro atoms. The van der Waals surface area contributed by atoms with Gasteiger partial charge in [-0.05, 0) is 55.5 Å². The van der Waals surface area contributed by atoms with Crippen molar-refractivity contribution >= 4 is 17.7 Å². The van der Waals surface area contributed by atoms with Crippen LogP contribution in [0.2, 0.25) is 0 Å². The molecule has 1 aliphatic rings. The van der Waals surface area contributed by atoms with Crippen molar-refractivity contribution in [3.05, 3.63) is 65.7 Å². The number of thioether (sulfide) groups is 1. The van der Waals surface area contributed by atoms with E-state index in [-0.39, 0.29) is 11.9 Å². The Morgan fingerprint density at radius 1 is 1.09 bits per heavy atom. The molecule has 0 aliphatic carbocycles. The Bertz CT molecular complexity index is 830. The Morgan fingerprint density at radius 3 is 2.34 bits per heavy atom. The summed E-state index contributed by atoms with van der Waals surface area (Å²) >= 11 is 1.67. The lowest BCUT2D eigenvalue weighted by atomic mass is 9.85. The van der Waals surface area contributed by atoms with Crippen LogP contribution in [0.25, 0.3) is 0 Å². The van der Waals surface area contributed by atoms with Crippen LogP contribution in [-0.2, 0) is 0 Å². The number of amides is 1. The van der Waals surface area contributed by atoms with Crippen molar-refractivity contribution < 1.29 is 9.90 Å². The Morgan fingerprint density at radius 2 is 1.71 bits per heavy atom. The third-order valence-electron chi connectivity index (χ3n) is 6.51. The van der Waals surface area contributed by atoms with Gasteiger partial charge in [0, 0.05) is 29.3 Å². The summed E-state index contributed by atoms with van der Waals surface area (Å²) in [6.45, 7) is 17.2. The number of hydrogen-bond donors (Lipinski definition) is 2. The molecule has 1 heterocycles. The van der Waals surface area contributed by atoms with E-state index in [4.69, 9.17) is 0 Å². The number of rotatable bonds is 9. The van der Waals surface area contributed by atoms with Crippen molar-refractivity contribution in [1.82, 2.24) is 10.2 Å². The predicted octanol–water partition coefficient (Wildman–Crippen LogP) is 6.67. The van der Waals surface area contributed by atoms with Gasteiger partial charge in [-0.25, -0.2) is 0 Å². The number of carbonyl (C=O) groups is 1. The number of aliphatic hydroxyl groups is 1. The van der Waals surface area contributed by atoms with Gasteiger partial charge in [-0.1, -0.05) is 84.4 Å². The van der Waals surface area contributed by atoms with Crippen LogP contribution in [0.5, 0.6) is 0 Å². The second-order valence-corrected chi connectivity index (χ2v) is 9.87. The fraction of sp³-hybridized carbons (Fsp3) is 0.567. The number of aliphatic hydroxyl groups excluding tert-OH is 1. The molecule has 0 aromatic heterocycles. The first kappa shape index (κ1) is 31.2. The van der Waals surface area contributed by atoms with E-state index < -0.39 is 6.10 Å². The second kappa shape index (κ2) is 17.6. The number of nitrogens with zero attached hydrogens (tertiary/aromatic N) is 1. The zero-order valence-corrected chi connectivity index (χ0v) is 23.8. The lowest BCUT2D eigenvalue weighted by Gasteiger charge is -2.38. The minimum atomic E-state index is -0.616. The van der Waals surface area contributed by atoms with E-state index in [2.05, 4.69) is 36.2 Å². The molecule has 2 aromatic rings. The van der Waals surface area contributed by atoms with E-state index in [0.29, 0.717) is 23.8 Å². The summed E-state index contributed by atoms with van der Waals surface area (Å²) in [5.41, 5.74) is 1.61. The summed E-state index contributed by atoms with van der Waals surface area (Å²) in [4.78, 5) is 16.5. The van der Waals surface area contributed by atoms with Gasteiger partial charge >= 0.3 is 0 Å². The van der Waals surface area contributed by atoms with Gasteiger partial charge in [-0.3, -0.25) is 4.79 Å². The van der Waals surface area contributed by atoms with Crippen LogP contribution in [0.3, 0.4) is 0 Å². The maximum Gasteiger partial charge on any atom is 0.251 e. The summed E-state index contributed by atoms with van der Waals surface area (Å²) in [5.74, 6) is 1.93. The van der Waals surface area contributed by atoms with Gasteiger partial charge in [0.15, 0.2) is 0 Å². The van der Waals surface area contributed by atoms with Crippen molar-refractivity contribution in [2.45, 2.75) is 78.3 Å². The quantitative estimate of drug-likeness (QED) is 0.378. The molecular weight excluding hydrogens is 452 g/mol. The van der Waals surface area contributed by atoms with Crippen LogP contribution in [0.4, 0.5) is 0 Å². The average Bonchev–Trinajstić information content (AvgIpc) is 2.90. The first-order chi connectivity index (χ1) is 17.0. The lowest BCUT2D eigenvalue weighted by Crippen LogP contribution is -2.52. The van der Waals surface area contributed by atoms with Crippen molar-refractivity contribution in [3.8, 4) is 0 Å². The fourth-order valence-electron chi connectivity index (χ4n) is 4.34. The van der Waals surface area contributed by atoms with E-state index in [1.807, 2.05) is 77.1 Å². The number of β-amino-alcohol motifs (C(OH)–C–C–N with tert-alkyl or cyclic N) is 1. The molecule has 0 saturated carbocycles. The van der Waals surface area contributed by atoms with Crippen LogP contribution in [0, 0.1) is 18.8 Å². The van der Waals surface area contributed by atoms with Crippen molar-refractivity contribution in [3.63, 3.8) is 0 Å². The van der Waals surface area contributed by atoms with Crippen LogP contribution in [-0.4, -0.2) is 53.4 Å². The van der Waals surface area contributed by atoms with E-state index in [9.17, 15) is 9.90 Å². The standard InChI is InChI=1S/C26H36N2O2S.2C2H6/c1-4-21-16-28(15-14-19(21)2)17-25(29)24(18-31-22-11-6-5-7-12-22)27-26(30)23-13-9-8-10-20(23)3;2*1-2/h5-13,19,21,24-25,29H,4,14-18H2,1-3H3,(H,27,30);2*1-2H3/t19?,21?,24-,25+;;/m0../s1. The van der Waals surface area contributed by atoms with Crippen molar-refractivity contribution in [1.29, 1.82) is 0 Å². The van der Waals surface area contributed by atoms with E-state index >= 15 is 0 Å². The highest BCUT2D eigenvalue weighted by atomic mass is 32.2. The second-order valence-electron chi connectivity index (χ2n) is 8.78. The summed E-state index contributed by atoms with van der Waals surface area (Å²) in [7, 11) is 0. The zero-order chi connectivity index (χ0) is 26.2. The summed E-state index contributed by atoms with van der Waals surface area (Å²) in [6, 6.07) is 17.4. The Kier molecular flexibility index (Phi) is 15.7. The van der Waals surface area contributed by atoms with Gasteiger partial charge < -0.3 is 15.3 Å². The molecule has 2 aromatic carbocycles. The minimum Gasteiger partial charge on any atom is -0.390 e. The molecule has 1 fully saturated rings. The van der Waals surface area contributed by atoms with Crippen LogP contribution < -0.4 is 5.32 Å². The number of benzene rings is 2. The molecule has 3 rings (SSSR count). The zero-order valence-electron chi connectivity index (χ0n) is 23.0. The van der Waals surface area contributed by atoms with Gasteiger partial charge in [0.05, 0.1) is 12.1 Å². The molecule has 1 saturated heterocycles. The smallest absolute Gasteiger partial charge is 0.251 e. The van der Waals surface area contributed by atoms with Crippen LogP contribution in [0.1, 0.15) is 70.3 Å². The number of aryl methyl sites for hydroxylation is 1. The third kappa shape index (κ3) is 10.4. The largest absolute Gasteiger partial charge is 0.390 e. The molecule has 5 heteroatoms. The van der Waals surface area contributed by atoms with Gasteiger partial charge in [0.1, 0.15) is 0 Å². The molecule has 4 nitrogen and oxygen atoms in total. The van der Waals surface area contributed by atoms with Gasteiger partial charge in [0.25, 0.3) is 5.91 Å². The number of nitrogens with one attached hydrogen (secondary N) is 1. The molecule has 1 aliphatic heterocycles. The maximum atomic E-state index is 13.0. The predicted molar refractivity (Wildman–Crippen MR) is 152 cm³/mol. The van der Waals surface area contributed by atoms with E-state index in [1.54, 1.807) is 11.8 Å². The normalized spacial score (nSPS) is 19.3. The highest BCUT2D eigenvalue weighted by molar-refractivity contribution is 7.99. The van der Waals surface area contributed by atoms with Gasteiger partial charge in [-0.15, -0.1) is 11.8 Å². The average molecular weight is 501 g/mol. The summed E-state index contributed by atoms with van der Waals surface area (Å²) in [5, 5.41) is 14.3. The number of hydrogen-bond acceptors (Lipinski definition) is 4. The topological polar surface area (TPSA) is 52.6 Å². The SMILES string of the molecule is CC.CC.CCC1CN(C[C@@H](O)[C@H](CSc2ccccc2)NC(=O)c2ccccc2C)CCC1C. The Hall–Kier alpha value is -1.82. The molecule has 2 unspecified atom stereocenters. The minimum absolute atomic E-state index is 0.116. The maximum absolute atomic E-state index is 13.0. The molecule has 0 radical (unpaired) electrons. The van der Waals surface area contributed by atoms with Crippen LogP contribution in [0.15, 0.2) is 59.5 Å². The highest BCUT2D eigenvalue weighted by Gasteiger charge is 2.29. The molecule has 4 atom stereocenters. The van der Waals surface area contributed by atoms with Crippen molar-refractivity contribution in [2.75, 3.05) is 25.4 Å². The lowest BCUT2D eigenvalue weighted by molar-refractivity contribution is 0.0474. The van der Waals surface area contributed by atoms with E-state index in [1.165, 1.54) is 12.8 Å². The van der Waals surface area contributed by atoms with Gasteiger partial charge in [-0.2, -0.15) is 0 Å². The molecule has 2 N–H and O–H groups in total. The number of carbonyl (C=O) groups excluding carboxylic acids is 1. The molecular formula is C30H48N2O2S. The number of likely N-dealkylation sites (tertiary alicyclic amines) is 1. The first-order valence-electron chi connectivity index (χ1n) is 13.4. The first-order valence-corrected chi connectivity index (χ1v) is 14.4. The van der Waals surface area contributed by atoms with Crippen molar-refractivity contribution in [2.24, 2.45) is 11.8 Å². The third-order valence-corrected chi connectivity index (χ3v) is 7.64. The Balaban J connectivity index is 0.00000145. The summed E-state index contributed by atoms with van der Waals surface area (Å²) < 4.78 is 0. The molecule has 0 bridgehead atoms. The van der Waals surface area contributed by atoms with Crippen LogP contribution >= 0.6 is 11.8 Å². The molecule has 196 valence electrons. The fourth-order valence-corrected chi connectivity index (χ4v) is 5.37.